The fraction of sp³-hybridized carbons (Fsp3) is 0.464. The van der Waals surface area contributed by atoms with Crippen molar-refractivity contribution in [2.24, 2.45) is 5.92 Å². The summed E-state index contributed by atoms with van der Waals surface area (Å²) in [4.78, 5) is 38.9. The van der Waals surface area contributed by atoms with Gasteiger partial charge in [-0.2, -0.15) is 0 Å². The highest BCUT2D eigenvalue weighted by Gasteiger charge is 2.37. The fourth-order valence-electron chi connectivity index (χ4n) is 3.13. The first-order chi connectivity index (χ1) is 16.7. The zero-order valence-electron chi connectivity index (χ0n) is 21.0. The van der Waals surface area contributed by atoms with Gasteiger partial charge >= 0.3 is 17.9 Å². The Balaban J connectivity index is 2.17. The molecule has 0 N–H and O–H groups in total. The van der Waals surface area contributed by atoms with E-state index in [9.17, 15) is 14.4 Å². The molecule has 0 radical (unpaired) electrons. The molecule has 7 nitrogen and oxygen atoms in total. The van der Waals surface area contributed by atoms with Crippen LogP contribution < -0.4 is 0 Å². The van der Waals surface area contributed by atoms with Crippen molar-refractivity contribution in [3.63, 3.8) is 0 Å². The topological polar surface area (TPSA) is 88.1 Å². The lowest BCUT2D eigenvalue weighted by Gasteiger charge is -2.26. The quantitative estimate of drug-likeness (QED) is 0.171. The highest BCUT2D eigenvalue weighted by Crippen LogP contribution is 2.20. The van der Waals surface area contributed by atoms with E-state index in [0.29, 0.717) is 6.61 Å². The molecule has 0 aliphatic rings. The van der Waals surface area contributed by atoms with Crippen LogP contribution in [0.4, 0.5) is 0 Å². The molecule has 0 aromatic heterocycles. The van der Waals surface area contributed by atoms with E-state index in [0.717, 1.165) is 24.0 Å². The molecule has 0 aliphatic heterocycles. The largest absolute Gasteiger partial charge is 0.460 e. The monoisotopic (exact) mass is 484 g/mol. The van der Waals surface area contributed by atoms with Crippen molar-refractivity contribution in [1.82, 2.24) is 0 Å². The van der Waals surface area contributed by atoms with Crippen LogP contribution in [-0.2, 0) is 46.5 Å². The Bertz CT molecular complexity index is 864. The SMILES string of the molecule is CCCCOC(CC(C(=O)OCc1ccccc1)C(=O)OCc1ccccc1)C(=O)OC(C)(C)C. The molecule has 35 heavy (non-hydrogen) atoms. The second kappa shape index (κ2) is 14.3. The average Bonchev–Trinajstić information content (AvgIpc) is 2.83. The number of esters is 3. The van der Waals surface area contributed by atoms with Crippen molar-refractivity contribution >= 4 is 17.9 Å². The van der Waals surface area contributed by atoms with Crippen LogP contribution in [0.5, 0.6) is 0 Å². The lowest BCUT2D eigenvalue weighted by molar-refractivity contribution is -0.174. The minimum Gasteiger partial charge on any atom is -0.460 e. The van der Waals surface area contributed by atoms with E-state index in [1.165, 1.54) is 0 Å². The van der Waals surface area contributed by atoms with Gasteiger partial charge in [-0.25, -0.2) is 4.79 Å². The van der Waals surface area contributed by atoms with Crippen LogP contribution >= 0.6 is 0 Å². The molecule has 0 spiro atoms. The number of carbonyl (C=O) groups excluding carboxylic acids is 3. The molecule has 2 rings (SSSR count). The summed E-state index contributed by atoms with van der Waals surface area (Å²) in [6.07, 6.45) is 0.239. The standard InChI is InChI=1S/C28H36O7/c1-5-6-17-32-24(27(31)35-28(2,3)4)18-23(25(29)33-19-21-13-9-7-10-14-21)26(30)34-20-22-15-11-8-12-16-22/h7-16,23-24H,5-6,17-20H2,1-4H3. The average molecular weight is 485 g/mol. The molecule has 1 atom stereocenters. The number of hydrogen-bond donors (Lipinski definition) is 0. The third-order valence-corrected chi connectivity index (χ3v) is 4.95. The van der Waals surface area contributed by atoms with Crippen LogP contribution in [0.3, 0.4) is 0 Å². The maximum atomic E-state index is 13.0. The van der Waals surface area contributed by atoms with Crippen LogP contribution in [0.25, 0.3) is 0 Å². The predicted octanol–water partition coefficient (Wildman–Crippen LogP) is 5.01. The van der Waals surface area contributed by atoms with E-state index in [1.54, 1.807) is 20.8 Å². The van der Waals surface area contributed by atoms with Gasteiger partial charge in [0.15, 0.2) is 12.0 Å². The van der Waals surface area contributed by atoms with E-state index in [2.05, 4.69) is 0 Å². The summed E-state index contributed by atoms with van der Waals surface area (Å²) < 4.78 is 22.1. The molecule has 0 fully saturated rings. The highest BCUT2D eigenvalue weighted by molar-refractivity contribution is 5.95. The Hall–Kier alpha value is -3.19. The third-order valence-electron chi connectivity index (χ3n) is 4.95. The number of carbonyl (C=O) groups is 3. The smallest absolute Gasteiger partial charge is 0.335 e. The summed E-state index contributed by atoms with van der Waals surface area (Å²) in [6.45, 7) is 7.52. The second-order valence-electron chi connectivity index (χ2n) is 9.22. The zero-order chi connectivity index (χ0) is 25.7. The van der Waals surface area contributed by atoms with Gasteiger partial charge in [-0.3, -0.25) is 9.59 Å². The van der Waals surface area contributed by atoms with Gasteiger partial charge in [0.25, 0.3) is 0 Å². The lowest BCUT2D eigenvalue weighted by Crippen LogP contribution is -2.39. The number of hydrogen-bond acceptors (Lipinski definition) is 7. The summed E-state index contributed by atoms with van der Waals surface area (Å²) in [7, 11) is 0. The van der Waals surface area contributed by atoms with E-state index in [4.69, 9.17) is 18.9 Å². The van der Waals surface area contributed by atoms with E-state index < -0.39 is 35.5 Å². The Morgan fingerprint density at radius 1 is 0.771 bits per heavy atom. The lowest BCUT2D eigenvalue weighted by atomic mass is 10.0. The first-order valence-corrected chi connectivity index (χ1v) is 11.9. The van der Waals surface area contributed by atoms with Crippen molar-refractivity contribution in [2.75, 3.05) is 6.61 Å². The van der Waals surface area contributed by atoms with Crippen molar-refractivity contribution in [2.45, 2.75) is 71.9 Å². The molecule has 190 valence electrons. The van der Waals surface area contributed by atoms with Gasteiger partial charge in [-0.1, -0.05) is 74.0 Å². The molecule has 2 aromatic carbocycles. The third kappa shape index (κ3) is 10.7. The fourth-order valence-corrected chi connectivity index (χ4v) is 3.13. The van der Waals surface area contributed by atoms with Crippen LogP contribution in [0.1, 0.15) is 58.1 Å². The van der Waals surface area contributed by atoms with Crippen LogP contribution in [0, 0.1) is 5.92 Å². The normalized spacial score (nSPS) is 12.1. The van der Waals surface area contributed by atoms with E-state index >= 15 is 0 Å². The minimum absolute atomic E-state index is 0.00403. The highest BCUT2D eigenvalue weighted by atomic mass is 16.6. The molecule has 2 aromatic rings. The first kappa shape index (κ1) is 28.1. The number of rotatable bonds is 13. The second-order valence-corrected chi connectivity index (χ2v) is 9.22. The van der Waals surface area contributed by atoms with Gasteiger partial charge in [0.05, 0.1) is 0 Å². The summed E-state index contributed by atoms with van der Waals surface area (Å²) in [5, 5.41) is 0. The maximum absolute atomic E-state index is 13.0. The summed E-state index contributed by atoms with van der Waals surface area (Å²) in [6, 6.07) is 18.3. The summed E-state index contributed by atoms with van der Waals surface area (Å²) in [5.74, 6) is -3.54. The van der Waals surface area contributed by atoms with Gasteiger partial charge in [0.2, 0.25) is 0 Å². The molecule has 0 heterocycles. The Morgan fingerprint density at radius 2 is 1.26 bits per heavy atom. The zero-order valence-corrected chi connectivity index (χ0v) is 21.0. The van der Waals surface area contributed by atoms with E-state index in [-0.39, 0.29) is 19.6 Å². The van der Waals surface area contributed by atoms with Gasteiger partial charge < -0.3 is 18.9 Å². The van der Waals surface area contributed by atoms with Crippen molar-refractivity contribution in [3.8, 4) is 0 Å². The summed E-state index contributed by atoms with van der Waals surface area (Å²) >= 11 is 0. The number of unbranched alkanes of at least 4 members (excludes halogenated alkanes) is 1. The van der Waals surface area contributed by atoms with Crippen LogP contribution in [0.2, 0.25) is 0 Å². The molecule has 0 amide bonds. The molecule has 0 saturated heterocycles. The van der Waals surface area contributed by atoms with Gasteiger partial charge in [0, 0.05) is 13.0 Å². The maximum Gasteiger partial charge on any atom is 0.335 e. The Kier molecular flexibility index (Phi) is 11.4. The Morgan fingerprint density at radius 3 is 1.69 bits per heavy atom. The van der Waals surface area contributed by atoms with E-state index in [1.807, 2.05) is 67.6 Å². The summed E-state index contributed by atoms with van der Waals surface area (Å²) in [5.41, 5.74) is 0.806. The molecule has 0 saturated carbocycles. The van der Waals surface area contributed by atoms with Crippen molar-refractivity contribution in [3.05, 3.63) is 71.8 Å². The van der Waals surface area contributed by atoms with Gasteiger partial charge in [-0.15, -0.1) is 0 Å². The number of ether oxygens (including phenoxy) is 4. The van der Waals surface area contributed by atoms with Gasteiger partial charge in [-0.05, 0) is 38.3 Å². The molecule has 0 bridgehead atoms. The minimum atomic E-state index is -1.35. The van der Waals surface area contributed by atoms with Crippen molar-refractivity contribution < 1.29 is 33.3 Å². The predicted molar refractivity (Wildman–Crippen MR) is 131 cm³/mol. The van der Waals surface area contributed by atoms with Crippen molar-refractivity contribution in [1.29, 1.82) is 0 Å². The molecular formula is C28H36O7. The van der Waals surface area contributed by atoms with Gasteiger partial charge in [0.1, 0.15) is 18.8 Å². The molecule has 0 aliphatic carbocycles. The molecule has 1 unspecified atom stereocenters. The molecular weight excluding hydrogens is 448 g/mol. The number of benzene rings is 2. The Labute approximate surface area is 207 Å². The van der Waals surface area contributed by atoms with Crippen LogP contribution in [-0.4, -0.2) is 36.2 Å². The van der Waals surface area contributed by atoms with Crippen LogP contribution in [0.15, 0.2) is 60.7 Å². The first-order valence-electron chi connectivity index (χ1n) is 11.9. The molecule has 7 heteroatoms.